The first kappa shape index (κ1) is 43.7. The second-order valence-electron chi connectivity index (χ2n) is 18.9. The molecule has 0 bridgehead atoms. The summed E-state index contributed by atoms with van der Waals surface area (Å²) in [5.74, 6) is 0.463. The van der Waals surface area contributed by atoms with Crippen LogP contribution in [0.3, 0.4) is 0 Å². The topological polar surface area (TPSA) is 176 Å². The van der Waals surface area contributed by atoms with Crippen LogP contribution in [0.4, 0.5) is 17.2 Å². The molecule has 3 N–H and O–H groups in total. The quantitative estimate of drug-likeness (QED) is 0.0758. The highest BCUT2D eigenvalue weighted by Crippen LogP contribution is 2.49. The van der Waals surface area contributed by atoms with E-state index in [2.05, 4.69) is 72.9 Å². The zero-order valence-electron chi connectivity index (χ0n) is 36.9. The van der Waals surface area contributed by atoms with Crippen molar-refractivity contribution in [2.45, 2.75) is 120 Å². The molecule has 2 saturated heterocycles. The summed E-state index contributed by atoms with van der Waals surface area (Å²) in [7, 11) is -4.59. The monoisotopic (exact) mass is 888 g/mol. The molecular formula is C49H60N8O6S. The van der Waals surface area contributed by atoms with E-state index >= 15 is 0 Å². The number of nitro groups is 1. The van der Waals surface area contributed by atoms with Gasteiger partial charge in [0.05, 0.1) is 22.9 Å². The van der Waals surface area contributed by atoms with Gasteiger partial charge in [-0.25, -0.2) is 23.1 Å². The summed E-state index contributed by atoms with van der Waals surface area (Å²) in [5.41, 5.74) is 4.35. The molecule has 15 heteroatoms. The third-order valence-electron chi connectivity index (χ3n) is 14.6. The number of hydrogen-bond donors (Lipinski definition) is 3. The standard InChI is InChI=1S/C49H60N8O6S/c1-33(2)40-11-6-7-12-41(40)43-13-8-24-56(43)36-16-19-49(20-17-36)21-25-55(26-22-49)37-14-15-42(45(28-37)63-38-27-35-18-23-50-46(35)52-31-38)48(58)54-64(61,62)39-29-44(57(59)60)47(53-32-39)51-30-34-9-4-3-5-10-34/h6-7,11-12,14-15,18,23,27-29,31-34,36,43H,3-5,8-10,13,16-17,19-22,24-26,30H2,1-2H3,(H,50,52)(H,51,53)(H,54,58)/t43-/m1/s1. The number of rotatable bonds is 13. The smallest absolute Gasteiger partial charge is 0.312 e. The van der Waals surface area contributed by atoms with Gasteiger partial charge >= 0.3 is 5.69 Å². The molecule has 3 aromatic heterocycles. The van der Waals surface area contributed by atoms with Crippen LogP contribution in [0, 0.1) is 21.4 Å². The summed E-state index contributed by atoms with van der Waals surface area (Å²) < 4.78 is 35.9. The molecule has 338 valence electrons. The number of carbonyl (C=O) groups is 1. The van der Waals surface area contributed by atoms with Gasteiger partial charge in [0.25, 0.3) is 15.9 Å². The fraction of sp³-hybridized carbons (Fsp3) is 0.490. The van der Waals surface area contributed by atoms with E-state index in [0.717, 1.165) is 75.0 Å². The van der Waals surface area contributed by atoms with Gasteiger partial charge in [-0.2, -0.15) is 0 Å². The molecule has 0 unspecified atom stereocenters. The molecule has 2 aliphatic heterocycles. The Kier molecular flexibility index (Phi) is 12.6. The number of benzene rings is 2. The van der Waals surface area contributed by atoms with Crippen LogP contribution >= 0.6 is 0 Å². The fourth-order valence-electron chi connectivity index (χ4n) is 11.0. The maximum absolute atomic E-state index is 14.0. The van der Waals surface area contributed by atoms with Crippen LogP contribution in [0.1, 0.15) is 131 Å². The van der Waals surface area contributed by atoms with Crippen molar-refractivity contribution in [3.05, 3.63) is 106 Å². The lowest BCUT2D eigenvalue weighted by molar-refractivity contribution is -0.384. The SMILES string of the molecule is CC(C)c1ccccc1[C@H]1CCCN1C1CCC2(CC1)CCN(c1ccc(C(=O)NS(=O)(=O)c3cnc(NCC4CCCCC4)c([N+](=O)[O-])c3)c(Oc3cnc4[nH]ccc4c3)c1)CC2. The highest BCUT2D eigenvalue weighted by atomic mass is 32.2. The van der Waals surface area contributed by atoms with Gasteiger partial charge in [0, 0.05) is 61.1 Å². The predicted octanol–water partition coefficient (Wildman–Crippen LogP) is 10.3. The average molecular weight is 889 g/mol. The number of anilines is 2. The van der Waals surface area contributed by atoms with Crippen molar-refractivity contribution in [2.75, 3.05) is 36.4 Å². The summed E-state index contributed by atoms with van der Waals surface area (Å²) in [4.78, 5) is 41.7. The molecule has 1 amide bonds. The van der Waals surface area contributed by atoms with Gasteiger partial charge in [-0.1, -0.05) is 57.4 Å². The Hall–Kier alpha value is -5.54. The van der Waals surface area contributed by atoms with Crippen molar-refractivity contribution in [2.24, 2.45) is 11.3 Å². The molecule has 1 spiro atoms. The number of ether oxygens (including phenoxy) is 1. The van der Waals surface area contributed by atoms with Crippen molar-refractivity contribution in [3.8, 4) is 11.5 Å². The third-order valence-corrected chi connectivity index (χ3v) is 15.9. The van der Waals surface area contributed by atoms with E-state index in [1.165, 1.54) is 62.6 Å². The van der Waals surface area contributed by atoms with Gasteiger partial charge in [-0.05, 0) is 123 Å². The number of amides is 1. The summed E-state index contributed by atoms with van der Waals surface area (Å²) in [6, 6.07) is 20.0. The number of carbonyl (C=O) groups excluding carboxylic acids is 1. The van der Waals surface area contributed by atoms with Crippen molar-refractivity contribution < 1.29 is 22.9 Å². The highest BCUT2D eigenvalue weighted by molar-refractivity contribution is 7.90. The van der Waals surface area contributed by atoms with Crippen LogP contribution in [0.2, 0.25) is 0 Å². The minimum Gasteiger partial charge on any atom is -0.455 e. The Morgan fingerprint density at radius 1 is 0.922 bits per heavy atom. The normalized spacial score (nSPS) is 19.9. The number of pyridine rings is 2. The zero-order chi connectivity index (χ0) is 44.4. The summed E-state index contributed by atoms with van der Waals surface area (Å²) in [6.07, 6.45) is 19.3. The van der Waals surface area contributed by atoms with Crippen molar-refractivity contribution in [3.63, 3.8) is 0 Å². The summed E-state index contributed by atoms with van der Waals surface area (Å²) in [6.45, 7) is 7.99. The number of sulfonamides is 1. The van der Waals surface area contributed by atoms with E-state index in [1.807, 2.05) is 12.1 Å². The fourth-order valence-corrected chi connectivity index (χ4v) is 11.9. The molecule has 5 aromatic rings. The van der Waals surface area contributed by atoms with E-state index in [4.69, 9.17) is 4.74 Å². The minimum absolute atomic E-state index is 0.00401. The Balaban J connectivity index is 0.894. The summed E-state index contributed by atoms with van der Waals surface area (Å²) in [5, 5.41) is 16.0. The minimum atomic E-state index is -4.59. The highest BCUT2D eigenvalue weighted by Gasteiger charge is 2.42. The molecule has 14 nitrogen and oxygen atoms in total. The second-order valence-corrected chi connectivity index (χ2v) is 20.6. The van der Waals surface area contributed by atoms with Gasteiger partial charge in [-0.3, -0.25) is 19.8 Å². The van der Waals surface area contributed by atoms with Crippen molar-refractivity contribution in [1.29, 1.82) is 0 Å². The Morgan fingerprint density at radius 3 is 2.47 bits per heavy atom. The molecule has 4 aliphatic rings. The van der Waals surface area contributed by atoms with Crippen molar-refractivity contribution >= 4 is 44.2 Å². The number of nitrogens with one attached hydrogen (secondary N) is 3. The Bertz CT molecular complexity index is 2590. The van der Waals surface area contributed by atoms with Crippen LogP contribution in [0.5, 0.6) is 11.5 Å². The number of aromatic amines is 1. The first-order valence-corrected chi connectivity index (χ1v) is 24.7. The van der Waals surface area contributed by atoms with Gasteiger partial charge < -0.3 is 19.9 Å². The van der Waals surface area contributed by atoms with Crippen LogP contribution in [0.25, 0.3) is 11.0 Å². The molecule has 2 aliphatic carbocycles. The largest absolute Gasteiger partial charge is 0.455 e. The van der Waals surface area contributed by atoms with Crippen molar-refractivity contribution in [1.82, 2.24) is 24.6 Å². The van der Waals surface area contributed by atoms with Crippen LogP contribution < -0.4 is 19.7 Å². The van der Waals surface area contributed by atoms with Crippen LogP contribution in [-0.2, 0) is 10.0 Å². The maximum atomic E-state index is 14.0. The molecule has 64 heavy (non-hydrogen) atoms. The Labute approximate surface area is 375 Å². The van der Waals surface area contributed by atoms with Gasteiger partial charge in [0.1, 0.15) is 22.0 Å². The number of nitrogens with zero attached hydrogens (tertiary/aromatic N) is 5. The molecule has 0 radical (unpaired) electrons. The molecule has 4 fully saturated rings. The lowest BCUT2D eigenvalue weighted by atomic mass is 9.66. The van der Waals surface area contributed by atoms with E-state index in [1.54, 1.807) is 30.6 Å². The zero-order valence-corrected chi connectivity index (χ0v) is 37.7. The molecule has 2 aromatic carbocycles. The first-order chi connectivity index (χ1) is 30.9. The molecule has 5 heterocycles. The number of H-pyrrole nitrogens is 1. The third kappa shape index (κ3) is 9.33. The maximum Gasteiger partial charge on any atom is 0.312 e. The predicted molar refractivity (Wildman–Crippen MR) is 249 cm³/mol. The molecular weight excluding hydrogens is 829 g/mol. The van der Waals surface area contributed by atoms with E-state index < -0.39 is 31.4 Å². The summed E-state index contributed by atoms with van der Waals surface area (Å²) >= 11 is 0. The Morgan fingerprint density at radius 2 is 1.70 bits per heavy atom. The molecule has 2 saturated carbocycles. The van der Waals surface area contributed by atoms with E-state index in [9.17, 15) is 23.3 Å². The molecule has 1 atom stereocenters. The average Bonchev–Trinajstić information content (AvgIpc) is 3.99. The first-order valence-electron chi connectivity index (χ1n) is 23.3. The van der Waals surface area contributed by atoms with E-state index in [0.29, 0.717) is 47.3 Å². The lowest BCUT2D eigenvalue weighted by Crippen LogP contribution is -2.45. The van der Waals surface area contributed by atoms with Gasteiger partial charge in [-0.15, -0.1) is 0 Å². The number of hydrogen-bond acceptors (Lipinski definition) is 11. The van der Waals surface area contributed by atoms with Gasteiger partial charge in [0.15, 0.2) is 0 Å². The van der Waals surface area contributed by atoms with E-state index in [-0.39, 0.29) is 17.1 Å². The number of likely N-dealkylation sites (tertiary alicyclic amines) is 1. The molecule has 9 rings (SSSR count). The van der Waals surface area contributed by atoms with Gasteiger partial charge in [0.2, 0.25) is 5.82 Å². The van der Waals surface area contributed by atoms with Crippen LogP contribution in [-0.4, -0.2) is 71.3 Å². The van der Waals surface area contributed by atoms with Crippen LogP contribution in [0.15, 0.2) is 84.1 Å². The number of aromatic nitrogens is 3. The number of piperidine rings is 1. The number of fused-ring (bicyclic) bond motifs is 1. The lowest BCUT2D eigenvalue weighted by Gasteiger charge is -2.48. The second kappa shape index (κ2) is 18.5.